The number of sulfone groups is 1. The van der Waals surface area contributed by atoms with E-state index in [9.17, 15) is 13.2 Å². The molecule has 1 atom stereocenters. The zero-order chi connectivity index (χ0) is 22.8. The first-order chi connectivity index (χ1) is 16.0. The fourth-order valence-corrected chi connectivity index (χ4v) is 7.78. The number of nitrogens with zero attached hydrogens (tertiary/aromatic N) is 3. The minimum Gasteiger partial charge on any atom is -0.316 e. The Labute approximate surface area is 199 Å². The second kappa shape index (κ2) is 9.50. The molecule has 1 aliphatic carbocycles. The van der Waals surface area contributed by atoms with Gasteiger partial charge < -0.3 is 9.47 Å². The number of carbonyl (C=O) groups excluding carboxylic acids is 1. The van der Waals surface area contributed by atoms with Gasteiger partial charge in [0.05, 0.1) is 34.3 Å². The molecular formula is C25H29N3O3S2. The molecule has 0 unspecified atom stereocenters. The number of aromatic nitrogens is 2. The molecule has 1 amide bonds. The zero-order valence-corrected chi connectivity index (χ0v) is 20.2. The van der Waals surface area contributed by atoms with Gasteiger partial charge in [-0.25, -0.2) is 13.4 Å². The number of hydrogen-bond acceptors (Lipinski definition) is 5. The van der Waals surface area contributed by atoms with E-state index in [0.717, 1.165) is 34.7 Å². The third-order valence-corrected chi connectivity index (χ3v) is 9.39. The Hall–Kier alpha value is -2.32. The van der Waals surface area contributed by atoms with Gasteiger partial charge in [0.1, 0.15) is 0 Å². The Bertz CT molecular complexity index is 1230. The number of rotatable bonds is 6. The van der Waals surface area contributed by atoms with Crippen LogP contribution in [0.1, 0.15) is 44.6 Å². The standard InChI is InChI=1S/C25H29N3O3S2/c29-24(27(19-9-3-1-4-10-19)21-15-16-33(30,31)18-21)17-32-25-26-22-13-7-8-14-23(22)28(25)20-11-5-2-6-12-20/h1,3-4,7-10,13-14,20-21H,2,5-6,11-12,15-18H2/t21-/m0/s1. The number of anilines is 1. The average Bonchev–Trinajstić information content (AvgIpc) is 3.38. The van der Waals surface area contributed by atoms with Crippen LogP contribution in [0.15, 0.2) is 59.8 Å². The van der Waals surface area contributed by atoms with Crippen molar-refractivity contribution in [2.24, 2.45) is 0 Å². The number of thioether (sulfide) groups is 1. The topological polar surface area (TPSA) is 72.3 Å². The molecule has 2 fully saturated rings. The highest BCUT2D eigenvalue weighted by atomic mass is 32.2. The lowest BCUT2D eigenvalue weighted by atomic mass is 9.95. The van der Waals surface area contributed by atoms with E-state index in [1.165, 1.54) is 31.0 Å². The monoisotopic (exact) mass is 483 g/mol. The highest BCUT2D eigenvalue weighted by molar-refractivity contribution is 7.99. The molecule has 0 bridgehead atoms. The molecule has 2 aromatic carbocycles. The number of fused-ring (bicyclic) bond motifs is 1. The maximum atomic E-state index is 13.5. The van der Waals surface area contributed by atoms with Crippen LogP contribution in [0.4, 0.5) is 5.69 Å². The maximum Gasteiger partial charge on any atom is 0.237 e. The van der Waals surface area contributed by atoms with Gasteiger partial charge in [0.25, 0.3) is 0 Å². The molecule has 1 saturated heterocycles. The fourth-order valence-electron chi connectivity index (χ4n) is 5.14. The Morgan fingerprint density at radius 2 is 1.73 bits per heavy atom. The van der Waals surface area contributed by atoms with Crippen molar-refractivity contribution in [3.05, 3.63) is 54.6 Å². The van der Waals surface area contributed by atoms with Crippen LogP contribution < -0.4 is 4.90 Å². The van der Waals surface area contributed by atoms with Crippen molar-refractivity contribution in [3.63, 3.8) is 0 Å². The first-order valence-electron chi connectivity index (χ1n) is 11.7. The van der Waals surface area contributed by atoms with Crippen LogP contribution >= 0.6 is 11.8 Å². The lowest BCUT2D eigenvalue weighted by Crippen LogP contribution is -2.42. The van der Waals surface area contributed by atoms with Crippen molar-refractivity contribution in [2.75, 3.05) is 22.2 Å². The van der Waals surface area contributed by atoms with Gasteiger partial charge in [0, 0.05) is 11.7 Å². The molecular weight excluding hydrogens is 454 g/mol. The predicted molar refractivity (Wildman–Crippen MR) is 134 cm³/mol. The first kappa shape index (κ1) is 22.5. The minimum atomic E-state index is -3.10. The molecule has 1 aromatic heterocycles. The molecule has 1 saturated carbocycles. The minimum absolute atomic E-state index is 0.0267. The van der Waals surface area contributed by atoms with Crippen LogP contribution in [0.3, 0.4) is 0 Å². The molecule has 2 aliphatic rings. The van der Waals surface area contributed by atoms with E-state index in [1.807, 2.05) is 48.5 Å². The zero-order valence-electron chi connectivity index (χ0n) is 18.6. The first-order valence-corrected chi connectivity index (χ1v) is 14.5. The molecule has 1 aliphatic heterocycles. The van der Waals surface area contributed by atoms with E-state index < -0.39 is 9.84 Å². The van der Waals surface area contributed by atoms with Crippen LogP contribution in [0.2, 0.25) is 0 Å². The number of para-hydroxylation sites is 3. The molecule has 0 radical (unpaired) electrons. The number of amides is 1. The predicted octanol–water partition coefficient (Wildman–Crippen LogP) is 4.85. The summed E-state index contributed by atoms with van der Waals surface area (Å²) >= 11 is 1.47. The highest BCUT2D eigenvalue weighted by Gasteiger charge is 2.35. The van der Waals surface area contributed by atoms with Crippen molar-refractivity contribution in [3.8, 4) is 0 Å². The molecule has 6 nitrogen and oxygen atoms in total. The lowest BCUT2D eigenvalue weighted by Gasteiger charge is -2.29. The number of carbonyl (C=O) groups is 1. The van der Waals surface area contributed by atoms with Gasteiger partial charge in [-0.15, -0.1) is 0 Å². The lowest BCUT2D eigenvalue weighted by molar-refractivity contribution is -0.116. The summed E-state index contributed by atoms with van der Waals surface area (Å²) in [4.78, 5) is 20.1. The van der Waals surface area contributed by atoms with E-state index in [4.69, 9.17) is 4.98 Å². The molecule has 2 heterocycles. The third kappa shape index (κ3) is 4.82. The molecule has 0 N–H and O–H groups in total. The summed E-state index contributed by atoms with van der Waals surface area (Å²) in [6.07, 6.45) is 6.47. The van der Waals surface area contributed by atoms with Crippen LogP contribution in [-0.4, -0.2) is 47.2 Å². The summed E-state index contributed by atoms with van der Waals surface area (Å²) in [5, 5.41) is 0.878. The van der Waals surface area contributed by atoms with Crippen LogP contribution in [0, 0.1) is 0 Å². The average molecular weight is 484 g/mol. The Balaban J connectivity index is 1.41. The van der Waals surface area contributed by atoms with Crippen molar-refractivity contribution < 1.29 is 13.2 Å². The third-order valence-electron chi connectivity index (χ3n) is 6.70. The van der Waals surface area contributed by atoms with Crippen molar-refractivity contribution >= 4 is 44.2 Å². The Kier molecular flexibility index (Phi) is 6.47. The maximum absolute atomic E-state index is 13.5. The van der Waals surface area contributed by atoms with Gasteiger partial charge in [-0.05, 0) is 43.5 Å². The normalized spacial score (nSPS) is 20.8. The Morgan fingerprint density at radius 3 is 2.45 bits per heavy atom. The number of hydrogen-bond donors (Lipinski definition) is 0. The van der Waals surface area contributed by atoms with Crippen LogP contribution in [0.5, 0.6) is 0 Å². The van der Waals surface area contributed by atoms with Gasteiger partial charge in [-0.1, -0.05) is 61.4 Å². The highest BCUT2D eigenvalue weighted by Crippen LogP contribution is 2.36. The summed E-state index contributed by atoms with van der Waals surface area (Å²) in [5.41, 5.74) is 2.84. The van der Waals surface area contributed by atoms with Crippen molar-refractivity contribution in [1.29, 1.82) is 0 Å². The molecule has 0 spiro atoms. The summed E-state index contributed by atoms with van der Waals surface area (Å²) in [6.45, 7) is 0. The number of imidazole rings is 1. The Morgan fingerprint density at radius 1 is 1.00 bits per heavy atom. The second-order valence-corrected chi connectivity index (χ2v) is 12.2. The van der Waals surface area contributed by atoms with E-state index in [1.54, 1.807) is 4.90 Å². The summed E-state index contributed by atoms with van der Waals surface area (Å²) in [5.74, 6) is 0.315. The molecule has 174 valence electrons. The molecule has 8 heteroatoms. The summed E-state index contributed by atoms with van der Waals surface area (Å²) in [7, 11) is -3.10. The smallest absolute Gasteiger partial charge is 0.237 e. The summed E-state index contributed by atoms with van der Waals surface area (Å²) < 4.78 is 26.6. The van der Waals surface area contributed by atoms with Crippen molar-refractivity contribution in [2.45, 2.75) is 55.8 Å². The second-order valence-electron chi connectivity index (χ2n) is 8.99. The van der Waals surface area contributed by atoms with Crippen LogP contribution in [0.25, 0.3) is 11.0 Å². The van der Waals surface area contributed by atoms with Gasteiger partial charge in [-0.2, -0.15) is 0 Å². The quantitative estimate of drug-likeness (QED) is 0.469. The molecule has 3 aromatic rings. The largest absolute Gasteiger partial charge is 0.316 e. The molecule has 5 rings (SSSR count). The number of benzene rings is 2. The van der Waals surface area contributed by atoms with E-state index in [0.29, 0.717) is 12.5 Å². The van der Waals surface area contributed by atoms with E-state index in [-0.39, 0.29) is 29.2 Å². The fraction of sp³-hybridized carbons (Fsp3) is 0.440. The van der Waals surface area contributed by atoms with Crippen molar-refractivity contribution in [1.82, 2.24) is 9.55 Å². The van der Waals surface area contributed by atoms with Crippen LogP contribution in [-0.2, 0) is 14.6 Å². The summed E-state index contributed by atoms with van der Waals surface area (Å²) in [6, 6.07) is 17.7. The van der Waals surface area contributed by atoms with E-state index in [2.05, 4.69) is 10.6 Å². The van der Waals surface area contributed by atoms with Gasteiger partial charge >= 0.3 is 0 Å². The van der Waals surface area contributed by atoms with E-state index >= 15 is 0 Å². The SMILES string of the molecule is O=C(CSc1nc2ccccc2n1C1CCCCC1)N(c1ccccc1)[C@H]1CCS(=O)(=O)C1. The van der Waals surface area contributed by atoms with Gasteiger partial charge in [0.15, 0.2) is 15.0 Å². The van der Waals surface area contributed by atoms with Gasteiger partial charge in [-0.3, -0.25) is 4.79 Å². The molecule has 33 heavy (non-hydrogen) atoms. The van der Waals surface area contributed by atoms with Gasteiger partial charge in [0.2, 0.25) is 5.91 Å².